The van der Waals surface area contributed by atoms with Crippen molar-refractivity contribution < 1.29 is 13.5 Å². The van der Waals surface area contributed by atoms with Gasteiger partial charge in [-0.2, -0.15) is 13.9 Å². The molecule has 2 aromatic carbocycles. The lowest BCUT2D eigenvalue weighted by atomic mass is 10.2. The minimum atomic E-state index is -2.94. The van der Waals surface area contributed by atoms with Gasteiger partial charge >= 0.3 is 6.61 Å². The molecular formula is C19H16Cl2F2N4OS. The maximum atomic E-state index is 12.6. The van der Waals surface area contributed by atoms with Crippen LogP contribution in [-0.4, -0.2) is 21.5 Å². The molecule has 0 fully saturated rings. The van der Waals surface area contributed by atoms with Crippen molar-refractivity contribution in [3.8, 4) is 5.75 Å². The van der Waals surface area contributed by atoms with Gasteiger partial charge in [0, 0.05) is 22.3 Å². The van der Waals surface area contributed by atoms with E-state index >= 15 is 0 Å². The molecule has 0 aliphatic heterocycles. The van der Waals surface area contributed by atoms with E-state index in [2.05, 4.69) is 20.5 Å². The number of aryl methyl sites for hydroxylation is 1. The summed E-state index contributed by atoms with van der Waals surface area (Å²) in [5.74, 6) is 0.481. The molecule has 152 valence electrons. The molecule has 29 heavy (non-hydrogen) atoms. The third kappa shape index (κ3) is 6.03. The van der Waals surface area contributed by atoms with Crippen LogP contribution in [0.1, 0.15) is 11.1 Å². The highest BCUT2D eigenvalue weighted by molar-refractivity contribution is 7.80. The van der Waals surface area contributed by atoms with Crippen molar-refractivity contribution in [3.63, 3.8) is 0 Å². The van der Waals surface area contributed by atoms with Crippen molar-refractivity contribution in [2.75, 3.05) is 10.6 Å². The summed E-state index contributed by atoms with van der Waals surface area (Å²) in [6.07, 6.45) is 1.76. The highest BCUT2D eigenvalue weighted by Crippen LogP contribution is 2.27. The molecule has 0 bridgehead atoms. The number of benzene rings is 2. The SMILES string of the molecule is Cc1ccc(OC(F)F)c(NC(=S)Nc2ccn(Cc3ccc(Cl)cc3Cl)n2)c1. The van der Waals surface area contributed by atoms with Gasteiger partial charge in [-0.25, -0.2) is 0 Å². The molecule has 0 atom stereocenters. The molecule has 10 heteroatoms. The second kappa shape index (κ2) is 9.39. The van der Waals surface area contributed by atoms with Crippen molar-refractivity contribution in [2.45, 2.75) is 20.1 Å². The van der Waals surface area contributed by atoms with Gasteiger partial charge in [0.05, 0.1) is 12.2 Å². The first-order chi connectivity index (χ1) is 13.8. The number of halogens is 4. The molecule has 1 heterocycles. The van der Waals surface area contributed by atoms with Crippen LogP contribution in [0.5, 0.6) is 5.75 Å². The number of hydrogen-bond donors (Lipinski definition) is 2. The Bertz CT molecular complexity index is 1030. The Hall–Kier alpha value is -2.42. The van der Waals surface area contributed by atoms with Crippen LogP contribution in [0.2, 0.25) is 10.0 Å². The predicted molar refractivity (Wildman–Crippen MR) is 115 cm³/mol. The molecule has 3 aromatic rings. The first kappa shape index (κ1) is 21.3. The standard InChI is InChI=1S/C19H16Cl2F2N4OS/c1-11-2-5-16(28-18(22)23)15(8-11)24-19(29)25-17-6-7-27(26-17)10-12-3-4-13(20)9-14(12)21/h2-9,18H,10H2,1H3,(H2,24,25,26,29). The van der Waals surface area contributed by atoms with Crippen molar-refractivity contribution in [1.82, 2.24) is 9.78 Å². The molecule has 5 nitrogen and oxygen atoms in total. The Kier molecular flexibility index (Phi) is 6.89. The summed E-state index contributed by atoms with van der Waals surface area (Å²) in [4.78, 5) is 0. The number of aromatic nitrogens is 2. The van der Waals surface area contributed by atoms with Crippen LogP contribution < -0.4 is 15.4 Å². The van der Waals surface area contributed by atoms with E-state index in [-0.39, 0.29) is 10.9 Å². The summed E-state index contributed by atoms with van der Waals surface area (Å²) in [5, 5.41) is 11.4. The molecule has 0 aliphatic carbocycles. The smallest absolute Gasteiger partial charge is 0.387 e. The normalized spacial score (nSPS) is 10.8. The van der Waals surface area contributed by atoms with Crippen LogP contribution >= 0.6 is 35.4 Å². The third-order valence-electron chi connectivity index (χ3n) is 3.83. The lowest BCUT2D eigenvalue weighted by molar-refractivity contribution is -0.0493. The summed E-state index contributed by atoms with van der Waals surface area (Å²) >= 11 is 17.4. The summed E-state index contributed by atoms with van der Waals surface area (Å²) in [5.41, 5.74) is 2.05. The molecule has 0 aliphatic rings. The quantitative estimate of drug-likeness (QED) is 0.448. The van der Waals surface area contributed by atoms with Gasteiger partial charge in [-0.15, -0.1) is 0 Å². The predicted octanol–water partition coefficient (Wildman–Crippen LogP) is 5.96. The van der Waals surface area contributed by atoms with E-state index in [1.807, 2.05) is 13.0 Å². The molecule has 0 saturated heterocycles. The van der Waals surface area contributed by atoms with Gasteiger partial charge in [-0.3, -0.25) is 4.68 Å². The van der Waals surface area contributed by atoms with Gasteiger partial charge in [0.2, 0.25) is 0 Å². The van der Waals surface area contributed by atoms with Crippen LogP contribution in [0.25, 0.3) is 0 Å². The number of nitrogens with one attached hydrogen (secondary N) is 2. The zero-order valence-corrected chi connectivity index (χ0v) is 17.5. The number of anilines is 2. The lowest BCUT2D eigenvalue weighted by Crippen LogP contribution is -2.20. The number of thiocarbonyl (C=S) groups is 1. The summed E-state index contributed by atoms with van der Waals surface area (Å²) in [6, 6.07) is 11.8. The van der Waals surface area contributed by atoms with Crippen molar-refractivity contribution in [3.05, 3.63) is 69.8 Å². The number of alkyl halides is 2. The molecule has 1 aromatic heterocycles. The van der Waals surface area contributed by atoms with Gasteiger partial charge < -0.3 is 15.4 Å². The average Bonchev–Trinajstić information content (AvgIpc) is 3.06. The summed E-state index contributed by atoms with van der Waals surface area (Å²) in [6.45, 7) is -0.658. The highest BCUT2D eigenvalue weighted by atomic mass is 35.5. The lowest BCUT2D eigenvalue weighted by Gasteiger charge is -2.14. The maximum Gasteiger partial charge on any atom is 0.387 e. The Labute approximate surface area is 181 Å². The summed E-state index contributed by atoms with van der Waals surface area (Å²) in [7, 11) is 0. The first-order valence-corrected chi connectivity index (χ1v) is 9.57. The third-order valence-corrected chi connectivity index (χ3v) is 4.62. The molecule has 0 unspecified atom stereocenters. The minimum Gasteiger partial charge on any atom is -0.433 e. The van der Waals surface area contributed by atoms with E-state index in [0.717, 1.165) is 11.1 Å². The topological polar surface area (TPSA) is 51.1 Å². The fourth-order valence-corrected chi connectivity index (χ4v) is 3.23. The second-order valence-corrected chi connectivity index (χ2v) is 7.34. The van der Waals surface area contributed by atoms with Crippen LogP contribution in [0.3, 0.4) is 0 Å². The van der Waals surface area contributed by atoms with Crippen LogP contribution in [0.15, 0.2) is 48.7 Å². The molecule has 0 radical (unpaired) electrons. The Morgan fingerprint density at radius 1 is 1.17 bits per heavy atom. The largest absolute Gasteiger partial charge is 0.433 e. The summed E-state index contributed by atoms with van der Waals surface area (Å²) < 4.78 is 31.4. The van der Waals surface area contributed by atoms with Crippen molar-refractivity contribution in [2.24, 2.45) is 0 Å². The highest BCUT2D eigenvalue weighted by Gasteiger charge is 2.12. The van der Waals surface area contributed by atoms with Crippen molar-refractivity contribution >= 4 is 52.0 Å². The van der Waals surface area contributed by atoms with E-state index in [4.69, 9.17) is 35.4 Å². The fourth-order valence-electron chi connectivity index (χ4n) is 2.55. The van der Waals surface area contributed by atoms with Gasteiger partial charge in [0.1, 0.15) is 5.75 Å². The maximum absolute atomic E-state index is 12.6. The minimum absolute atomic E-state index is 0.00217. The molecule has 2 N–H and O–H groups in total. The monoisotopic (exact) mass is 456 g/mol. The van der Waals surface area contributed by atoms with Crippen molar-refractivity contribution in [1.29, 1.82) is 0 Å². The zero-order valence-electron chi connectivity index (χ0n) is 15.1. The van der Waals surface area contributed by atoms with Gasteiger partial charge in [-0.05, 0) is 54.5 Å². The molecule has 0 saturated carbocycles. The molecular weight excluding hydrogens is 441 g/mol. The fraction of sp³-hybridized carbons (Fsp3) is 0.158. The molecule has 3 rings (SSSR count). The van der Waals surface area contributed by atoms with Gasteiger partial charge in [0.25, 0.3) is 0 Å². The van der Waals surface area contributed by atoms with Gasteiger partial charge in [0.15, 0.2) is 10.9 Å². The Balaban J connectivity index is 1.66. The number of ether oxygens (including phenoxy) is 1. The van der Waals surface area contributed by atoms with E-state index in [9.17, 15) is 8.78 Å². The van der Waals surface area contributed by atoms with E-state index in [0.29, 0.717) is 28.1 Å². The van der Waals surface area contributed by atoms with Gasteiger partial charge in [-0.1, -0.05) is 35.3 Å². The van der Waals surface area contributed by atoms with E-state index in [1.54, 1.807) is 41.2 Å². The molecule has 0 spiro atoms. The van der Waals surface area contributed by atoms with E-state index in [1.165, 1.54) is 6.07 Å². The number of nitrogens with zero attached hydrogens (tertiary/aromatic N) is 2. The first-order valence-electron chi connectivity index (χ1n) is 8.41. The Morgan fingerprint density at radius 3 is 2.69 bits per heavy atom. The average molecular weight is 457 g/mol. The van der Waals surface area contributed by atoms with E-state index < -0.39 is 6.61 Å². The van der Waals surface area contributed by atoms with Crippen LogP contribution in [-0.2, 0) is 6.54 Å². The Morgan fingerprint density at radius 2 is 1.97 bits per heavy atom. The van der Waals surface area contributed by atoms with Crippen LogP contribution in [0, 0.1) is 6.92 Å². The molecule has 0 amide bonds. The number of hydrogen-bond acceptors (Lipinski definition) is 3. The van der Waals surface area contributed by atoms with Crippen LogP contribution in [0.4, 0.5) is 20.3 Å². The second-order valence-electron chi connectivity index (χ2n) is 6.09. The zero-order chi connectivity index (χ0) is 21.0. The number of rotatable bonds is 6.